The normalized spacial score (nSPS) is 13.5. The van der Waals surface area contributed by atoms with Gasteiger partial charge in [-0.1, -0.05) is 0 Å². The number of nitrogens with two attached hydrogens (primary N) is 1. The molecule has 1 aliphatic heterocycles. The summed E-state index contributed by atoms with van der Waals surface area (Å²) in [5, 5.41) is 0. The zero-order valence-corrected chi connectivity index (χ0v) is 10.3. The number of nitrogens with zero attached hydrogens (tertiary/aromatic N) is 1. The van der Waals surface area contributed by atoms with Crippen molar-refractivity contribution in [1.29, 1.82) is 0 Å². The van der Waals surface area contributed by atoms with Crippen LogP contribution in [0.4, 0.5) is 5.69 Å². The largest absolute Gasteiger partial charge is 0.497 e. The van der Waals surface area contributed by atoms with E-state index in [-0.39, 0.29) is 18.5 Å². The minimum absolute atomic E-state index is 0.0288. The van der Waals surface area contributed by atoms with Crippen molar-refractivity contribution in [2.24, 2.45) is 5.84 Å². The Bertz CT molecular complexity index is 556. The van der Waals surface area contributed by atoms with Gasteiger partial charge in [0.05, 0.1) is 18.4 Å². The number of anilines is 1. The van der Waals surface area contributed by atoms with Gasteiger partial charge in [0, 0.05) is 13.0 Å². The molecular weight excluding hydrogens is 250 g/mol. The number of fused-ring (bicyclic) bond motifs is 1. The Kier molecular flexibility index (Phi) is 3.48. The number of amides is 2. The van der Waals surface area contributed by atoms with Crippen molar-refractivity contribution >= 4 is 23.3 Å². The maximum atomic E-state index is 11.8. The van der Waals surface area contributed by atoms with Gasteiger partial charge in [-0.2, -0.15) is 0 Å². The maximum absolute atomic E-state index is 11.8. The lowest BCUT2D eigenvalue weighted by molar-refractivity contribution is -0.121. The van der Waals surface area contributed by atoms with E-state index >= 15 is 0 Å². The Morgan fingerprint density at radius 1 is 1.42 bits per heavy atom. The second-order valence-corrected chi connectivity index (χ2v) is 3.99. The zero-order chi connectivity index (χ0) is 14.0. The number of hydrogen-bond donors (Lipinski definition) is 2. The van der Waals surface area contributed by atoms with Crippen LogP contribution in [0.1, 0.15) is 16.8 Å². The number of nitrogens with one attached hydrogen (secondary N) is 1. The molecule has 1 aliphatic rings. The fraction of sp³-hybridized carbons (Fsp3) is 0.250. The van der Waals surface area contributed by atoms with Crippen molar-refractivity contribution in [1.82, 2.24) is 5.43 Å². The zero-order valence-electron chi connectivity index (χ0n) is 10.3. The molecule has 0 saturated heterocycles. The smallest absolute Gasteiger partial charge is 0.299 e. The quantitative estimate of drug-likeness (QED) is 0.333. The summed E-state index contributed by atoms with van der Waals surface area (Å²) in [6.45, 7) is 0.104. The highest BCUT2D eigenvalue weighted by atomic mass is 16.5. The van der Waals surface area contributed by atoms with Crippen LogP contribution in [0.15, 0.2) is 18.2 Å². The van der Waals surface area contributed by atoms with E-state index in [1.54, 1.807) is 12.1 Å². The summed E-state index contributed by atoms with van der Waals surface area (Å²) in [7, 11) is 1.48. The number of rotatable bonds is 4. The molecule has 0 saturated carbocycles. The molecule has 1 heterocycles. The van der Waals surface area contributed by atoms with Crippen molar-refractivity contribution in [3.63, 3.8) is 0 Å². The van der Waals surface area contributed by atoms with Crippen LogP contribution in [0, 0.1) is 0 Å². The number of hydrogen-bond acceptors (Lipinski definition) is 5. The highest BCUT2D eigenvalue weighted by molar-refractivity contribution is 6.52. The van der Waals surface area contributed by atoms with Crippen molar-refractivity contribution < 1.29 is 19.1 Å². The number of carbonyl (C=O) groups is 3. The molecule has 0 unspecified atom stereocenters. The fourth-order valence-corrected chi connectivity index (χ4v) is 1.91. The monoisotopic (exact) mass is 263 g/mol. The predicted octanol–water partition coefficient (Wildman–Crippen LogP) is -0.396. The van der Waals surface area contributed by atoms with E-state index in [9.17, 15) is 14.4 Å². The standard InChI is InChI=1S/C12H13N3O4/c1-19-7-2-3-9-8(6-7)11(17)12(18)15(9)5-4-10(16)14-13/h2-3,6H,4-5,13H2,1H3,(H,14,16). The molecule has 2 rings (SSSR count). The molecule has 0 atom stereocenters. The second kappa shape index (κ2) is 5.07. The van der Waals surface area contributed by atoms with Crippen LogP contribution in [-0.4, -0.2) is 31.3 Å². The first-order valence-corrected chi connectivity index (χ1v) is 5.62. The average Bonchev–Trinajstić information content (AvgIpc) is 2.68. The molecule has 0 fully saturated rings. The molecule has 0 spiro atoms. The van der Waals surface area contributed by atoms with E-state index in [0.717, 1.165) is 0 Å². The highest BCUT2D eigenvalue weighted by Crippen LogP contribution is 2.31. The number of carbonyl (C=O) groups excluding carboxylic acids is 3. The third-order valence-corrected chi connectivity index (χ3v) is 2.90. The fourth-order valence-electron chi connectivity index (χ4n) is 1.91. The Hall–Kier alpha value is -2.41. The summed E-state index contributed by atoms with van der Waals surface area (Å²) in [6, 6.07) is 4.79. The second-order valence-electron chi connectivity index (χ2n) is 3.99. The maximum Gasteiger partial charge on any atom is 0.299 e. The summed E-state index contributed by atoms with van der Waals surface area (Å²) in [5.74, 6) is 3.82. The van der Waals surface area contributed by atoms with Gasteiger partial charge >= 0.3 is 0 Å². The van der Waals surface area contributed by atoms with Crippen LogP contribution in [0.5, 0.6) is 5.75 Å². The Morgan fingerprint density at radius 3 is 2.79 bits per heavy atom. The molecule has 7 nitrogen and oxygen atoms in total. The molecule has 19 heavy (non-hydrogen) atoms. The Labute approximate surface area is 109 Å². The lowest BCUT2D eigenvalue weighted by atomic mass is 10.1. The summed E-state index contributed by atoms with van der Waals surface area (Å²) in [6.07, 6.45) is 0.0288. The van der Waals surface area contributed by atoms with Crippen molar-refractivity contribution in [3.8, 4) is 5.75 Å². The van der Waals surface area contributed by atoms with Crippen molar-refractivity contribution in [2.75, 3.05) is 18.6 Å². The van der Waals surface area contributed by atoms with Crippen LogP contribution in [0.25, 0.3) is 0 Å². The number of hydrazine groups is 1. The van der Waals surface area contributed by atoms with E-state index in [4.69, 9.17) is 10.6 Å². The van der Waals surface area contributed by atoms with Crippen LogP contribution >= 0.6 is 0 Å². The van der Waals surface area contributed by atoms with E-state index in [1.165, 1.54) is 18.1 Å². The highest BCUT2D eigenvalue weighted by Gasteiger charge is 2.35. The van der Waals surface area contributed by atoms with E-state index in [1.807, 2.05) is 5.43 Å². The molecule has 1 aromatic rings. The summed E-state index contributed by atoms with van der Waals surface area (Å²) in [5.41, 5.74) is 2.75. The van der Waals surface area contributed by atoms with Gasteiger partial charge in [0.15, 0.2) is 0 Å². The van der Waals surface area contributed by atoms with Crippen molar-refractivity contribution in [3.05, 3.63) is 23.8 Å². The summed E-state index contributed by atoms with van der Waals surface area (Å²) < 4.78 is 5.01. The van der Waals surface area contributed by atoms with Gasteiger partial charge in [0.25, 0.3) is 11.7 Å². The van der Waals surface area contributed by atoms with Crippen LogP contribution in [-0.2, 0) is 9.59 Å². The minimum atomic E-state index is -0.645. The lowest BCUT2D eigenvalue weighted by Gasteiger charge is -2.15. The first kappa shape index (κ1) is 13.0. The molecule has 0 aromatic heterocycles. The van der Waals surface area contributed by atoms with Gasteiger partial charge in [-0.05, 0) is 18.2 Å². The molecule has 0 radical (unpaired) electrons. The number of ketones is 1. The number of Topliss-reactive ketones (excluding diaryl/α,β-unsaturated/α-hetero) is 1. The third-order valence-electron chi connectivity index (χ3n) is 2.90. The lowest BCUT2D eigenvalue weighted by Crippen LogP contribution is -2.36. The van der Waals surface area contributed by atoms with E-state index < -0.39 is 17.6 Å². The average molecular weight is 263 g/mol. The van der Waals surface area contributed by atoms with Gasteiger partial charge < -0.3 is 9.64 Å². The molecule has 3 N–H and O–H groups in total. The Balaban J connectivity index is 2.26. The van der Waals surface area contributed by atoms with Crippen LogP contribution < -0.4 is 20.9 Å². The molecule has 1 aromatic carbocycles. The minimum Gasteiger partial charge on any atom is -0.497 e. The summed E-state index contributed by atoms with van der Waals surface area (Å²) >= 11 is 0. The SMILES string of the molecule is COc1ccc2c(c1)C(=O)C(=O)N2CCC(=O)NN. The number of benzene rings is 1. The van der Waals surface area contributed by atoms with Gasteiger partial charge in [-0.15, -0.1) is 0 Å². The predicted molar refractivity (Wildman–Crippen MR) is 66.6 cm³/mol. The first-order chi connectivity index (χ1) is 9.08. The topological polar surface area (TPSA) is 102 Å². The molecule has 7 heteroatoms. The number of ether oxygens (including phenoxy) is 1. The van der Waals surface area contributed by atoms with E-state index in [2.05, 4.69) is 0 Å². The van der Waals surface area contributed by atoms with Gasteiger partial charge in [-0.25, -0.2) is 5.84 Å². The first-order valence-electron chi connectivity index (χ1n) is 5.62. The summed E-state index contributed by atoms with van der Waals surface area (Å²) in [4.78, 5) is 36.0. The molecular formula is C12H13N3O4. The van der Waals surface area contributed by atoms with Gasteiger partial charge in [0.1, 0.15) is 5.75 Å². The van der Waals surface area contributed by atoms with Crippen molar-refractivity contribution in [2.45, 2.75) is 6.42 Å². The van der Waals surface area contributed by atoms with Gasteiger partial charge in [0.2, 0.25) is 5.91 Å². The molecule has 2 amide bonds. The Morgan fingerprint density at radius 2 is 2.16 bits per heavy atom. The molecule has 0 bridgehead atoms. The van der Waals surface area contributed by atoms with Crippen LogP contribution in [0.2, 0.25) is 0 Å². The number of methoxy groups -OCH3 is 1. The molecule has 0 aliphatic carbocycles. The third kappa shape index (κ3) is 2.27. The molecule has 100 valence electrons. The van der Waals surface area contributed by atoms with E-state index in [0.29, 0.717) is 11.4 Å². The van der Waals surface area contributed by atoms with Crippen LogP contribution in [0.3, 0.4) is 0 Å². The van der Waals surface area contributed by atoms with Gasteiger partial charge in [-0.3, -0.25) is 19.8 Å².